The van der Waals surface area contributed by atoms with E-state index in [9.17, 15) is 22.8 Å². The molecular weight excluding hydrogens is 409 g/mol. The molecule has 1 aromatic heterocycles. The van der Waals surface area contributed by atoms with Crippen molar-refractivity contribution in [3.63, 3.8) is 0 Å². The Kier molecular flexibility index (Phi) is 6.94. The van der Waals surface area contributed by atoms with Crippen LogP contribution >= 0.6 is 0 Å². The summed E-state index contributed by atoms with van der Waals surface area (Å²) in [6, 6.07) is 14.5. The minimum absolute atomic E-state index is 0.121. The van der Waals surface area contributed by atoms with Crippen LogP contribution in [0.25, 0.3) is 11.4 Å². The summed E-state index contributed by atoms with van der Waals surface area (Å²) in [6.07, 6.45) is -2.61. The fourth-order valence-corrected chi connectivity index (χ4v) is 3.21. The first-order chi connectivity index (χ1) is 14.8. The molecule has 6 nitrogen and oxygen atoms in total. The number of nitrogens with one attached hydrogen (secondary N) is 1. The Morgan fingerprint density at radius 1 is 1.10 bits per heavy atom. The summed E-state index contributed by atoms with van der Waals surface area (Å²) >= 11 is 0. The van der Waals surface area contributed by atoms with E-state index in [0.717, 1.165) is 28.8 Å². The van der Waals surface area contributed by atoms with Crippen LogP contribution in [0, 0.1) is 0 Å². The number of nitrogens with zero attached hydrogens (tertiary/aromatic N) is 3. The van der Waals surface area contributed by atoms with Crippen LogP contribution in [-0.2, 0) is 31.0 Å². The lowest BCUT2D eigenvalue weighted by atomic mass is 10.1. The molecule has 0 spiro atoms. The number of halogens is 3. The highest BCUT2D eigenvalue weighted by Crippen LogP contribution is 2.31. The van der Waals surface area contributed by atoms with E-state index in [-0.39, 0.29) is 30.4 Å². The zero-order valence-electron chi connectivity index (χ0n) is 17.0. The molecule has 3 rings (SSSR count). The highest BCUT2D eigenvalue weighted by atomic mass is 19.4. The standard InChI is InChI=1S/C22H23F3N4O2/c1-28-20(17-10-6-11-18(15-17)22(23,24)25)27-29(21(28)31)14-13-26-19(30)12-5-9-16-7-3-2-4-8-16/h2-4,6-8,10-11,15H,5,9,12-14H2,1H3,(H,26,30). The first-order valence-electron chi connectivity index (χ1n) is 9.88. The van der Waals surface area contributed by atoms with Crippen LogP contribution in [0.4, 0.5) is 13.2 Å². The van der Waals surface area contributed by atoms with Crippen LogP contribution in [0.5, 0.6) is 0 Å². The maximum atomic E-state index is 13.0. The van der Waals surface area contributed by atoms with Crippen molar-refractivity contribution in [3.05, 3.63) is 76.2 Å². The van der Waals surface area contributed by atoms with Gasteiger partial charge in [-0.3, -0.25) is 9.36 Å². The van der Waals surface area contributed by atoms with Crippen molar-refractivity contribution < 1.29 is 18.0 Å². The van der Waals surface area contributed by atoms with Crippen molar-refractivity contribution in [3.8, 4) is 11.4 Å². The predicted molar refractivity (Wildman–Crippen MR) is 110 cm³/mol. The van der Waals surface area contributed by atoms with Gasteiger partial charge in [-0.15, -0.1) is 5.10 Å². The first-order valence-corrected chi connectivity index (χ1v) is 9.88. The van der Waals surface area contributed by atoms with Gasteiger partial charge in [0.15, 0.2) is 5.82 Å². The zero-order chi connectivity index (χ0) is 22.4. The number of carbonyl (C=O) groups excluding carboxylic acids is 1. The first kappa shape index (κ1) is 22.3. The van der Waals surface area contributed by atoms with Gasteiger partial charge in [0.05, 0.1) is 12.1 Å². The van der Waals surface area contributed by atoms with E-state index in [0.29, 0.717) is 12.8 Å². The molecule has 164 valence electrons. The van der Waals surface area contributed by atoms with Gasteiger partial charge in [-0.1, -0.05) is 42.5 Å². The number of benzene rings is 2. The molecule has 0 fully saturated rings. The van der Waals surface area contributed by atoms with Crippen LogP contribution in [0.1, 0.15) is 24.0 Å². The maximum absolute atomic E-state index is 13.0. The molecule has 0 radical (unpaired) electrons. The molecule has 9 heteroatoms. The van der Waals surface area contributed by atoms with E-state index in [4.69, 9.17) is 0 Å². The molecule has 0 saturated carbocycles. The van der Waals surface area contributed by atoms with Crippen molar-refractivity contribution in [2.24, 2.45) is 7.05 Å². The molecule has 0 aliphatic carbocycles. The third kappa shape index (κ3) is 5.84. The Bertz CT molecular complexity index is 1090. The second kappa shape index (κ2) is 9.63. The fraction of sp³-hybridized carbons (Fsp3) is 0.318. The summed E-state index contributed by atoms with van der Waals surface area (Å²) in [6.45, 7) is 0.319. The van der Waals surface area contributed by atoms with Crippen molar-refractivity contribution in [1.29, 1.82) is 0 Å². The molecule has 0 saturated heterocycles. The Labute approximate surface area is 177 Å². The van der Waals surface area contributed by atoms with Gasteiger partial charge in [0.1, 0.15) is 0 Å². The summed E-state index contributed by atoms with van der Waals surface area (Å²) in [5.74, 6) is 0.00306. The SMILES string of the molecule is Cn1c(-c2cccc(C(F)(F)F)c2)nn(CCNC(=O)CCCc2ccccc2)c1=O. The van der Waals surface area contributed by atoms with Gasteiger partial charge in [0.2, 0.25) is 5.91 Å². The number of rotatable bonds is 8. The topological polar surface area (TPSA) is 68.9 Å². The van der Waals surface area contributed by atoms with Gasteiger partial charge >= 0.3 is 11.9 Å². The Morgan fingerprint density at radius 3 is 2.55 bits per heavy atom. The quantitative estimate of drug-likeness (QED) is 0.593. The summed E-state index contributed by atoms with van der Waals surface area (Å²) in [7, 11) is 1.45. The molecule has 3 aromatic rings. The van der Waals surface area contributed by atoms with Crippen LogP contribution in [0.15, 0.2) is 59.4 Å². The summed E-state index contributed by atoms with van der Waals surface area (Å²) in [4.78, 5) is 24.4. The number of hydrogen-bond donors (Lipinski definition) is 1. The molecule has 1 amide bonds. The van der Waals surface area contributed by atoms with Gasteiger partial charge < -0.3 is 5.32 Å². The van der Waals surface area contributed by atoms with Gasteiger partial charge in [0.25, 0.3) is 0 Å². The minimum atomic E-state index is -4.48. The van der Waals surface area contributed by atoms with Crippen LogP contribution < -0.4 is 11.0 Å². The number of alkyl halides is 3. The molecule has 0 atom stereocenters. The fourth-order valence-electron chi connectivity index (χ4n) is 3.21. The largest absolute Gasteiger partial charge is 0.416 e. The molecule has 0 aliphatic rings. The highest BCUT2D eigenvalue weighted by Gasteiger charge is 2.30. The number of carbonyl (C=O) groups is 1. The molecular formula is C22H23F3N4O2. The van der Waals surface area contributed by atoms with Crippen molar-refractivity contribution >= 4 is 5.91 Å². The highest BCUT2D eigenvalue weighted by molar-refractivity contribution is 5.75. The van der Waals surface area contributed by atoms with Gasteiger partial charge in [0, 0.05) is 25.6 Å². The summed E-state index contributed by atoms with van der Waals surface area (Å²) in [5, 5.41) is 6.90. The smallest absolute Gasteiger partial charge is 0.354 e. The summed E-state index contributed by atoms with van der Waals surface area (Å²) in [5.41, 5.74) is 0.0797. The third-order valence-corrected chi connectivity index (χ3v) is 4.85. The Morgan fingerprint density at radius 2 is 1.84 bits per heavy atom. The van der Waals surface area contributed by atoms with Crippen LogP contribution in [0.2, 0.25) is 0 Å². The average Bonchev–Trinajstić information content (AvgIpc) is 3.03. The number of aryl methyl sites for hydroxylation is 1. The maximum Gasteiger partial charge on any atom is 0.416 e. The number of aromatic nitrogens is 3. The molecule has 31 heavy (non-hydrogen) atoms. The summed E-state index contributed by atoms with van der Waals surface area (Å²) < 4.78 is 41.2. The van der Waals surface area contributed by atoms with E-state index < -0.39 is 17.4 Å². The lowest BCUT2D eigenvalue weighted by Gasteiger charge is -2.08. The second-order valence-corrected chi connectivity index (χ2v) is 7.16. The van der Waals surface area contributed by atoms with Crippen LogP contribution in [-0.4, -0.2) is 26.8 Å². The van der Waals surface area contributed by atoms with Crippen molar-refractivity contribution in [1.82, 2.24) is 19.7 Å². The average molecular weight is 432 g/mol. The predicted octanol–water partition coefficient (Wildman–Crippen LogP) is 3.41. The van der Waals surface area contributed by atoms with Crippen molar-refractivity contribution in [2.75, 3.05) is 6.54 Å². The molecule has 0 aliphatic heterocycles. The normalized spacial score (nSPS) is 11.5. The van der Waals surface area contributed by atoms with E-state index in [2.05, 4.69) is 10.4 Å². The monoisotopic (exact) mass is 432 g/mol. The third-order valence-electron chi connectivity index (χ3n) is 4.85. The lowest BCUT2D eigenvalue weighted by Crippen LogP contribution is -2.31. The number of amides is 1. The number of hydrogen-bond acceptors (Lipinski definition) is 3. The van der Waals surface area contributed by atoms with Gasteiger partial charge in [-0.05, 0) is 30.5 Å². The molecule has 1 N–H and O–H groups in total. The second-order valence-electron chi connectivity index (χ2n) is 7.16. The van der Waals surface area contributed by atoms with Crippen LogP contribution in [0.3, 0.4) is 0 Å². The van der Waals surface area contributed by atoms with E-state index in [1.807, 2.05) is 30.3 Å². The van der Waals surface area contributed by atoms with E-state index in [1.165, 1.54) is 23.7 Å². The zero-order valence-corrected chi connectivity index (χ0v) is 17.0. The molecule has 0 unspecified atom stereocenters. The molecule has 2 aromatic carbocycles. The Hall–Kier alpha value is -3.36. The van der Waals surface area contributed by atoms with E-state index in [1.54, 1.807) is 0 Å². The van der Waals surface area contributed by atoms with Gasteiger partial charge in [-0.2, -0.15) is 13.2 Å². The molecule has 1 heterocycles. The minimum Gasteiger partial charge on any atom is -0.354 e. The van der Waals surface area contributed by atoms with Crippen molar-refractivity contribution in [2.45, 2.75) is 32.0 Å². The Balaban J connectivity index is 1.56. The molecule has 0 bridgehead atoms. The van der Waals surface area contributed by atoms with Gasteiger partial charge in [-0.25, -0.2) is 9.48 Å². The van der Waals surface area contributed by atoms with E-state index >= 15 is 0 Å². The lowest BCUT2D eigenvalue weighted by molar-refractivity contribution is -0.137.